The van der Waals surface area contributed by atoms with Crippen LogP contribution in [0.1, 0.15) is 19.5 Å². The monoisotopic (exact) mass is 303 g/mol. The Morgan fingerprint density at radius 2 is 2.18 bits per heavy atom. The van der Waals surface area contributed by atoms with Crippen LogP contribution in [0, 0.1) is 5.92 Å². The van der Waals surface area contributed by atoms with Crippen LogP contribution >= 0.6 is 0 Å². The highest BCUT2D eigenvalue weighted by molar-refractivity contribution is 5.79. The lowest BCUT2D eigenvalue weighted by atomic mass is 10.2. The highest BCUT2D eigenvalue weighted by atomic mass is 15.3. The van der Waals surface area contributed by atoms with Crippen LogP contribution in [0.2, 0.25) is 0 Å². The summed E-state index contributed by atoms with van der Waals surface area (Å²) in [4.78, 5) is 4.60. The maximum atomic E-state index is 4.60. The second-order valence-electron chi connectivity index (χ2n) is 5.36. The molecule has 2 heterocycles. The van der Waals surface area contributed by atoms with Crippen LogP contribution in [0.5, 0.6) is 0 Å². The Bertz CT molecular complexity index is 570. The molecule has 0 saturated carbocycles. The zero-order valence-electron chi connectivity index (χ0n) is 13.5. The minimum Gasteiger partial charge on any atom is -0.357 e. The van der Waals surface area contributed by atoms with Crippen molar-refractivity contribution in [2.24, 2.45) is 18.0 Å². The van der Waals surface area contributed by atoms with Crippen molar-refractivity contribution in [2.45, 2.75) is 26.9 Å². The zero-order valence-corrected chi connectivity index (χ0v) is 13.5. The molecule has 0 amide bonds. The topological polar surface area (TPSA) is 72.1 Å². The average Bonchev–Trinajstić information content (AvgIpc) is 3.14. The number of guanidine groups is 1. The van der Waals surface area contributed by atoms with E-state index in [9.17, 15) is 0 Å². The third kappa shape index (κ3) is 4.91. The fourth-order valence-corrected chi connectivity index (χ4v) is 2.12. The number of aliphatic imine (C=N–C) groups is 1. The number of nitrogens with one attached hydrogen (secondary N) is 2. The molecule has 0 radical (unpaired) electrons. The predicted molar refractivity (Wildman–Crippen MR) is 87.4 cm³/mol. The number of aromatic nitrogens is 4. The van der Waals surface area contributed by atoms with Gasteiger partial charge in [-0.25, -0.2) is 4.99 Å². The normalized spacial score (nSPS) is 13.1. The van der Waals surface area contributed by atoms with Gasteiger partial charge in [-0.1, -0.05) is 6.92 Å². The van der Waals surface area contributed by atoms with Gasteiger partial charge < -0.3 is 10.6 Å². The first-order valence-corrected chi connectivity index (χ1v) is 7.65. The molecule has 2 N–H and O–H groups in total. The predicted octanol–water partition coefficient (Wildman–Crippen LogP) is 1.01. The van der Waals surface area contributed by atoms with Crippen molar-refractivity contribution in [2.75, 3.05) is 13.1 Å². The summed E-state index contributed by atoms with van der Waals surface area (Å²) in [7, 11) is 1.93. The highest BCUT2D eigenvalue weighted by Gasteiger charge is 2.05. The largest absolute Gasteiger partial charge is 0.357 e. The van der Waals surface area contributed by atoms with Crippen molar-refractivity contribution in [1.29, 1.82) is 0 Å². The van der Waals surface area contributed by atoms with E-state index >= 15 is 0 Å². The zero-order chi connectivity index (χ0) is 15.8. The van der Waals surface area contributed by atoms with Crippen molar-refractivity contribution in [3.05, 3.63) is 36.4 Å². The molecule has 1 atom stereocenters. The molecule has 0 aromatic carbocycles. The Balaban J connectivity index is 1.84. The fraction of sp³-hybridized carbons (Fsp3) is 0.533. The molecule has 120 valence electrons. The quantitative estimate of drug-likeness (QED) is 0.591. The number of aryl methyl sites for hydroxylation is 1. The number of hydrogen-bond acceptors (Lipinski definition) is 3. The summed E-state index contributed by atoms with van der Waals surface area (Å²) < 4.78 is 3.79. The molecule has 1 unspecified atom stereocenters. The SMILES string of the molecule is CCNC(=NCc1ccnn1C)NCC(C)Cn1cccn1. The van der Waals surface area contributed by atoms with Crippen molar-refractivity contribution < 1.29 is 0 Å². The molecule has 0 bridgehead atoms. The fourth-order valence-electron chi connectivity index (χ4n) is 2.12. The van der Waals surface area contributed by atoms with Crippen molar-refractivity contribution in [3.8, 4) is 0 Å². The Morgan fingerprint density at radius 1 is 1.32 bits per heavy atom. The molecule has 0 fully saturated rings. The lowest BCUT2D eigenvalue weighted by Gasteiger charge is -2.16. The number of hydrogen-bond donors (Lipinski definition) is 2. The average molecular weight is 303 g/mol. The van der Waals surface area contributed by atoms with Gasteiger partial charge in [0.2, 0.25) is 0 Å². The molecule has 2 rings (SSSR count). The summed E-state index contributed by atoms with van der Waals surface area (Å²) >= 11 is 0. The molecule has 0 aliphatic heterocycles. The molecular formula is C15H25N7. The number of rotatable bonds is 7. The van der Waals surface area contributed by atoms with Crippen molar-refractivity contribution in [1.82, 2.24) is 30.2 Å². The van der Waals surface area contributed by atoms with Gasteiger partial charge in [0.25, 0.3) is 0 Å². The smallest absolute Gasteiger partial charge is 0.191 e. The first-order chi connectivity index (χ1) is 10.7. The molecular weight excluding hydrogens is 278 g/mol. The van der Waals surface area contributed by atoms with E-state index in [0.29, 0.717) is 12.5 Å². The molecule has 0 spiro atoms. The van der Waals surface area contributed by atoms with Crippen LogP contribution in [-0.4, -0.2) is 38.6 Å². The first-order valence-electron chi connectivity index (χ1n) is 7.65. The van der Waals surface area contributed by atoms with Gasteiger partial charge in [-0.05, 0) is 25.0 Å². The minimum atomic E-state index is 0.459. The van der Waals surface area contributed by atoms with Crippen molar-refractivity contribution >= 4 is 5.96 Å². The standard InChI is InChI=1S/C15H25N7/c1-4-16-15(18-11-14-6-8-19-21(14)3)17-10-13(2)12-22-9-5-7-20-22/h5-9,13H,4,10-12H2,1-3H3,(H2,16,17,18). The molecule has 7 heteroatoms. The van der Waals surface area contributed by atoms with E-state index in [0.717, 1.165) is 31.3 Å². The summed E-state index contributed by atoms with van der Waals surface area (Å²) in [6.45, 7) is 7.44. The molecule has 0 aliphatic rings. The highest BCUT2D eigenvalue weighted by Crippen LogP contribution is 2.00. The Kier molecular flexibility index (Phi) is 6.00. The molecule has 7 nitrogen and oxygen atoms in total. The molecule has 2 aromatic heterocycles. The van der Waals surface area contributed by atoms with Crippen LogP contribution in [-0.2, 0) is 20.1 Å². The van der Waals surface area contributed by atoms with Gasteiger partial charge in [0.1, 0.15) is 0 Å². The third-order valence-electron chi connectivity index (χ3n) is 3.34. The van der Waals surface area contributed by atoms with Gasteiger partial charge >= 0.3 is 0 Å². The summed E-state index contributed by atoms with van der Waals surface area (Å²) in [6, 6.07) is 3.92. The third-order valence-corrected chi connectivity index (χ3v) is 3.34. The van der Waals surface area contributed by atoms with Crippen LogP contribution in [0.25, 0.3) is 0 Å². The van der Waals surface area contributed by atoms with Crippen LogP contribution in [0.15, 0.2) is 35.7 Å². The summed E-state index contributed by atoms with van der Waals surface area (Å²) in [6.07, 6.45) is 5.58. The summed E-state index contributed by atoms with van der Waals surface area (Å²) in [5.74, 6) is 1.29. The van der Waals surface area contributed by atoms with E-state index in [1.807, 2.05) is 34.7 Å². The molecule has 2 aromatic rings. The van der Waals surface area contributed by atoms with E-state index in [2.05, 4.69) is 39.7 Å². The summed E-state index contributed by atoms with van der Waals surface area (Å²) in [5.41, 5.74) is 1.08. The number of nitrogens with zero attached hydrogens (tertiary/aromatic N) is 5. The summed E-state index contributed by atoms with van der Waals surface area (Å²) in [5, 5.41) is 15.0. The molecule has 22 heavy (non-hydrogen) atoms. The van der Waals surface area contributed by atoms with Gasteiger partial charge in [0, 0.05) is 45.3 Å². The van der Waals surface area contributed by atoms with E-state index < -0.39 is 0 Å². The van der Waals surface area contributed by atoms with Crippen LogP contribution in [0.3, 0.4) is 0 Å². The first kappa shape index (κ1) is 16.1. The minimum absolute atomic E-state index is 0.459. The second kappa shape index (κ2) is 8.21. The van der Waals surface area contributed by atoms with E-state index in [1.165, 1.54) is 0 Å². The van der Waals surface area contributed by atoms with Crippen LogP contribution in [0.4, 0.5) is 0 Å². The maximum absolute atomic E-state index is 4.60. The van der Waals surface area contributed by atoms with Gasteiger partial charge in [-0.2, -0.15) is 10.2 Å². The van der Waals surface area contributed by atoms with Gasteiger partial charge in [-0.15, -0.1) is 0 Å². The van der Waals surface area contributed by atoms with Crippen molar-refractivity contribution in [3.63, 3.8) is 0 Å². The maximum Gasteiger partial charge on any atom is 0.191 e. The van der Waals surface area contributed by atoms with E-state index in [-0.39, 0.29) is 0 Å². The second-order valence-corrected chi connectivity index (χ2v) is 5.36. The van der Waals surface area contributed by atoms with Crippen LogP contribution < -0.4 is 10.6 Å². The Hall–Kier alpha value is -2.31. The molecule has 0 saturated heterocycles. The molecule has 0 aliphatic carbocycles. The lowest BCUT2D eigenvalue weighted by Crippen LogP contribution is -2.40. The van der Waals surface area contributed by atoms with E-state index in [4.69, 9.17) is 0 Å². The Morgan fingerprint density at radius 3 is 2.82 bits per heavy atom. The van der Waals surface area contributed by atoms with Gasteiger partial charge in [0.05, 0.1) is 12.2 Å². The van der Waals surface area contributed by atoms with E-state index in [1.54, 1.807) is 12.4 Å². The lowest BCUT2D eigenvalue weighted by molar-refractivity contribution is 0.443. The van der Waals surface area contributed by atoms with Gasteiger partial charge in [-0.3, -0.25) is 9.36 Å². The Labute approximate surface area is 131 Å². The van der Waals surface area contributed by atoms with Gasteiger partial charge in [0.15, 0.2) is 5.96 Å².